The fourth-order valence-corrected chi connectivity index (χ4v) is 3.54. The molecule has 2 aromatic rings. The van der Waals surface area contributed by atoms with Gasteiger partial charge in [-0.05, 0) is 54.0 Å². The lowest BCUT2D eigenvalue weighted by Gasteiger charge is -2.28. The third-order valence-electron chi connectivity index (χ3n) is 5.54. The Morgan fingerprint density at radius 1 is 0.759 bits per heavy atom. The van der Waals surface area contributed by atoms with E-state index < -0.39 is 0 Å². The Morgan fingerprint density at radius 3 is 1.59 bits per heavy atom. The van der Waals surface area contributed by atoms with Crippen LogP contribution >= 0.6 is 0 Å². The highest BCUT2D eigenvalue weighted by Gasteiger charge is 2.18. The van der Waals surface area contributed by atoms with E-state index in [1.807, 2.05) is 12.2 Å². The van der Waals surface area contributed by atoms with E-state index >= 15 is 0 Å². The average molecular weight is 393 g/mol. The Kier molecular flexibility index (Phi) is 7.72. The molecule has 0 aromatic heterocycles. The molecule has 2 rings (SSSR count). The van der Waals surface area contributed by atoms with Crippen LogP contribution in [0.1, 0.15) is 17.5 Å². The van der Waals surface area contributed by atoms with Gasteiger partial charge in [0.05, 0.1) is 28.2 Å². The van der Waals surface area contributed by atoms with Crippen LogP contribution in [0.15, 0.2) is 73.8 Å². The number of aryl methyl sites for hydroxylation is 1. The number of likely N-dealkylation sites (N-methyl/N-ethyl adjacent to an activating group) is 2. The molecule has 0 aliphatic carbocycles. The van der Waals surface area contributed by atoms with E-state index in [0.717, 1.165) is 34.0 Å². The molecule has 0 heterocycles. The fraction of sp³-hybridized carbons (Fsp3) is 0.346. The summed E-state index contributed by atoms with van der Waals surface area (Å²) in [6.07, 6.45) is 5.73. The monoisotopic (exact) mass is 392 g/mol. The van der Waals surface area contributed by atoms with Crippen molar-refractivity contribution in [2.24, 2.45) is 0 Å². The molecule has 0 bridgehead atoms. The van der Waals surface area contributed by atoms with E-state index in [2.05, 4.69) is 89.9 Å². The lowest BCUT2D eigenvalue weighted by Crippen LogP contribution is -2.40. The Bertz CT molecular complexity index is 830. The summed E-state index contributed by atoms with van der Waals surface area (Å²) >= 11 is 0. The molecule has 0 saturated carbocycles. The van der Waals surface area contributed by atoms with Crippen molar-refractivity contribution in [3.8, 4) is 0 Å². The molecule has 0 atom stereocenters. The van der Waals surface area contributed by atoms with E-state index in [1.165, 1.54) is 16.9 Å². The number of hydrogen-bond donors (Lipinski definition) is 0. The fourth-order valence-electron chi connectivity index (χ4n) is 3.54. The Labute approximate surface area is 176 Å². The van der Waals surface area contributed by atoms with Crippen LogP contribution in [0.3, 0.4) is 0 Å². The summed E-state index contributed by atoms with van der Waals surface area (Å²) in [4.78, 5) is 12.5. The molecule has 0 aliphatic rings. The molecule has 0 saturated heterocycles. The van der Waals surface area contributed by atoms with Gasteiger partial charge in [0.2, 0.25) is 0 Å². The van der Waals surface area contributed by atoms with Gasteiger partial charge >= 0.3 is 0 Å². The standard InChI is InChI=1S/C26H36N2O/c1-7-19-27(3,4)24-14-9-22(10-15-24)13-18-26(29)21-23-11-16-25(17-12-23)28(5,6)20-8-2/h7-12,14-17H,1-2,13,18-21H2,3-6H3/q+2. The Hall–Kier alpha value is -2.49. The van der Waals surface area contributed by atoms with Crippen molar-refractivity contribution in [2.45, 2.75) is 19.3 Å². The van der Waals surface area contributed by atoms with Crippen LogP contribution in [0.4, 0.5) is 11.4 Å². The third-order valence-corrected chi connectivity index (χ3v) is 5.54. The van der Waals surface area contributed by atoms with Gasteiger partial charge < -0.3 is 0 Å². The quantitative estimate of drug-likeness (QED) is 0.391. The van der Waals surface area contributed by atoms with Gasteiger partial charge in [-0.15, -0.1) is 0 Å². The van der Waals surface area contributed by atoms with Gasteiger partial charge in [-0.1, -0.05) is 37.4 Å². The van der Waals surface area contributed by atoms with Gasteiger partial charge in [0.1, 0.15) is 30.2 Å². The predicted octanol–water partition coefficient (Wildman–Crippen LogP) is 4.94. The van der Waals surface area contributed by atoms with E-state index in [4.69, 9.17) is 0 Å². The van der Waals surface area contributed by atoms with Gasteiger partial charge in [0.15, 0.2) is 0 Å². The van der Waals surface area contributed by atoms with Crippen molar-refractivity contribution in [2.75, 3.05) is 41.3 Å². The van der Waals surface area contributed by atoms with Gasteiger partial charge in [0, 0.05) is 12.8 Å². The molecule has 29 heavy (non-hydrogen) atoms. The average Bonchev–Trinajstić information content (AvgIpc) is 2.67. The molecule has 0 N–H and O–H groups in total. The van der Waals surface area contributed by atoms with Crippen molar-refractivity contribution in [1.82, 2.24) is 8.97 Å². The molecule has 3 heteroatoms. The van der Waals surface area contributed by atoms with Crippen LogP contribution in [-0.2, 0) is 17.6 Å². The molecule has 0 amide bonds. The highest BCUT2D eigenvalue weighted by Crippen LogP contribution is 2.21. The maximum atomic E-state index is 12.5. The van der Waals surface area contributed by atoms with Crippen molar-refractivity contribution in [1.29, 1.82) is 0 Å². The molecule has 154 valence electrons. The second-order valence-corrected chi connectivity index (χ2v) is 8.86. The number of ketones is 1. The number of rotatable bonds is 11. The largest absolute Gasteiger partial charge is 0.299 e. The zero-order chi connectivity index (χ0) is 21.5. The van der Waals surface area contributed by atoms with Crippen LogP contribution in [0.5, 0.6) is 0 Å². The van der Waals surface area contributed by atoms with Crippen LogP contribution in [-0.4, -0.2) is 47.1 Å². The second-order valence-electron chi connectivity index (χ2n) is 8.86. The predicted molar refractivity (Wildman–Crippen MR) is 127 cm³/mol. The maximum Gasteiger partial charge on any atom is 0.137 e. The number of quaternary nitrogens is 2. The van der Waals surface area contributed by atoms with Crippen LogP contribution < -0.4 is 8.97 Å². The van der Waals surface area contributed by atoms with E-state index in [1.54, 1.807) is 0 Å². The molecule has 0 aliphatic heterocycles. The molecule has 0 fully saturated rings. The molecule has 0 unspecified atom stereocenters. The minimum absolute atomic E-state index is 0.282. The number of Topliss-reactive ketones (excluding diaryl/α,β-unsaturated/α-hetero) is 1. The van der Waals surface area contributed by atoms with E-state index in [-0.39, 0.29) is 5.78 Å². The number of hydrogen-bond acceptors (Lipinski definition) is 1. The van der Waals surface area contributed by atoms with E-state index in [9.17, 15) is 4.79 Å². The van der Waals surface area contributed by atoms with Crippen molar-refractivity contribution < 1.29 is 4.79 Å². The van der Waals surface area contributed by atoms with Gasteiger partial charge in [-0.25, -0.2) is 0 Å². The highest BCUT2D eigenvalue weighted by molar-refractivity contribution is 5.81. The van der Waals surface area contributed by atoms with Gasteiger partial charge in [-0.2, -0.15) is 0 Å². The van der Waals surface area contributed by atoms with Crippen LogP contribution in [0, 0.1) is 0 Å². The normalized spacial score (nSPS) is 11.9. The first-order valence-corrected chi connectivity index (χ1v) is 10.3. The molecule has 0 radical (unpaired) electrons. The molecular weight excluding hydrogens is 356 g/mol. The summed E-state index contributed by atoms with van der Waals surface area (Å²) in [6, 6.07) is 17.0. The summed E-state index contributed by atoms with van der Waals surface area (Å²) < 4.78 is 1.54. The minimum Gasteiger partial charge on any atom is -0.299 e. The number of nitrogens with zero attached hydrogens (tertiary/aromatic N) is 2. The third kappa shape index (κ3) is 6.52. The molecule has 3 nitrogen and oxygen atoms in total. The Balaban J connectivity index is 1.90. The summed E-state index contributed by atoms with van der Waals surface area (Å²) in [5.41, 5.74) is 4.76. The zero-order valence-corrected chi connectivity index (χ0v) is 18.5. The Morgan fingerprint density at radius 2 is 1.17 bits per heavy atom. The molecule has 2 aromatic carbocycles. The molecular formula is C26H36N2O+2. The van der Waals surface area contributed by atoms with E-state index in [0.29, 0.717) is 12.8 Å². The minimum atomic E-state index is 0.282. The summed E-state index contributed by atoms with van der Waals surface area (Å²) in [5.74, 6) is 0.282. The zero-order valence-electron chi connectivity index (χ0n) is 18.5. The van der Waals surface area contributed by atoms with Gasteiger partial charge in [0.25, 0.3) is 0 Å². The SMILES string of the molecule is C=CC[N+](C)(C)c1ccc(CCC(=O)Cc2ccc([N+](C)(C)CC=C)cc2)cc1. The number of benzene rings is 2. The van der Waals surface area contributed by atoms with Crippen molar-refractivity contribution >= 4 is 17.2 Å². The lowest BCUT2D eigenvalue weighted by molar-refractivity contribution is -0.118. The molecule has 0 spiro atoms. The first kappa shape index (κ1) is 22.8. The lowest BCUT2D eigenvalue weighted by atomic mass is 10.0. The summed E-state index contributed by atoms with van der Waals surface area (Å²) in [6.45, 7) is 9.44. The first-order valence-electron chi connectivity index (χ1n) is 10.3. The number of carbonyl (C=O) groups is 1. The van der Waals surface area contributed by atoms with Crippen molar-refractivity contribution in [3.05, 3.63) is 85.0 Å². The topological polar surface area (TPSA) is 17.1 Å². The number of carbonyl (C=O) groups excluding carboxylic acids is 1. The maximum absolute atomic E-state index is 12.5. The van der Waals surface area contributed by atoms with Crippen LogP contribution in [0.2, 0.25) is 0 Å². The second kappa shape index (κ2) is 9.82. The van der Waals surface area contributed by atoms with Crippen molar-refractivity contribution in [3.63, 3.8) is 0 Å². The highest BCUT2D eigenvalue weighted by atomic mass is 16.1. The van der Waals surface area contributed by atoms with Gasteiger partial charge in [-0.3, -0.25) is 13.8 Å². The van der Waals surface area contributed by atoms with Crippen LogP contribution in [0.25, 0.3) is 0 Å². The smallest absolute Gasteiger partial charge is 0.137 e. The first-order chi connectivity index (χ1) is 13.7. The summed E-state index contributed by atoms with van der Waals surface area (Å²) in [7, 11) is 8.65. The summed E-state index contributed by atoms with van der Waals surface area (Å²) in [5, 5.41) is 0.